The first-order valence-electron chi connectivity index (χ1n) is 5.00. The lowest BCUT2D eigenvalue weighted by Crippen LogP contribution is -2.58. The molecular formula is C10H21NO2. The molecule has 1 saturated heterocycles. The van der Waals surface area contributed by atoms with Gasteiger partial charge in [0.2, 0.25) is 0 Å². The van der Waals surface area contributed by atoms with Crippen molar-refractivity contribution in [2.45, 2.75) is 44.9 Å². The third-order valence-electron chi connectivity index (χ3n) is 2.66. The van der Waals surface area contributed by atoms with Gasteiger partial charge in [-0.3, -0.25) is 0 Å². The van der Waals surface area contributed by atoms with Gasteiger partial charge in [-0.2, -0.15) is 0 Å². The smallest absolute Gasteiger partial charge is 0.0940 e. The molecule has 0 aromatic carbocycles. The Morgan fingerprint density at radius 2 is 2.23 bits per heavy atom. The Morgan fingerprint density at radius 3 is 2.69 bits per heavy atom. The molecule has 1 N–H and O–H groups in total. The van der Waals surface area contributed by atoms with Crippen molar-refractivity contribution in [3.63, 3.8) is 0 Å². The summed E-state index contributed by atoms with van der Waals surface area (Å²) in [5.41, 5.74) is -0.0732. The SMILES string of the molecule is CCC1NCC(COC)OC1(C)C. The molecule has 0 amide bonds. The van der Waals surface area contributed by atoms with Crippen molar-refractivity contribution in [1.29, 1.82) is 0 Å². The van der Waals surface area contributed by atoms with Crippen LogP contribution in [-0.2, 0) is 9.47 Å². The van der Waals surface area contributed by atoms with Crippen molar-refractivity contribution in [2.75, 3.05) is 20.3 Å². The molecule has 1 aliphatic rings. The number of hydrogen-bond acceptors (Lipinski definition) is 3. The number of methoxy groups -OCH3 is 1. The molecule has 1 heterocycles. The molecule has 1 fully saturated rings. The van der Waals surface area contributed by atoms with Crippen molar-refractivity contribution < 1.29 is 9.47 Å². The van der Waals surface area contributed by atoms with Crippen LogP contribution >= 0.6 is 0 Å². The molecule has 3 heteroatoms. The molecule has 0 spiro atoms. The summed E-state index contributed by atoms with van der Waals surface area (Å²) in [4.78, 5) is 0. The van der Waals surface area contributed by atoms with Gasteiger partial charge in [-0.1, -0.05) is 6.92 Å². The van der Waals surface area contributed by atoms with Crippen LogP contribution in [0.1, 0.15) is 27.2 Å². The molecule has 13 heavy (non-hydrogen) atoms. The Morgan fingerprint density at radius 1 is 1.54 bits per heavy atom. The van der Waals surface area contributed by atoms with Gasteiger partial charge in [-0.05, 0) is 20.3 Å². The summed E-state index contributed by atoms with van der Waals surface area (Å²) in [5.74, 6) is 0. The van der Waals surface area contributed by atoms with Gasteiger partial charge < -0.3 is 14.8 Å². The first-order valence-corrected chi connectivity index (χ1v) is 5.00. The zero-order chi connectivity index (χ0) is 9.90. The molecule has 0 aromatic rings. The largest absolute Gasteiger partial charge is 0.382 e. The van der Waals surface area contributed by atoms with E-state index in [4.69, 9.17) is 9.47 Å². The molecule has 2 atom stereocenters. The fraction of sp³-hybridized carbons (Fsp3) is 1.00. The predicted octanol–water partition coefficient (Wildman–Crippen LogP) is 1.18. The zero-order valence-electron chi connectivity index (χ0n) is 9.09. The third-order valence-corrected chi connectivity index (χ3v) is 2.66. The van der Waals surface area contributed by atoms with Gasteiger partial charge in [0.1, 0.15) is 0 Å². The lowest BCUT2D eigenvalue weighted by molar-refractivity contribution is -0.138. The van der Waals surface area contributed by atoms with Gasteiger partial charge in [-0.25, -0.2) is 0 Å². The summed E-state index contributed by atoms with van der Waals surface area (Å²) in [5, 5.41) is 3.49. The minimum Gasteiger partial charge on any atom is -0.382 e. The molecule has 78 valence electrons. The average molecular weight is 187 g/mol. The maximum Gasteiger partial charge on any atom is 0.0940 e. The van der Waals surface area contributed by atoms with Crippen molar-refractivity contribution >= 4 is 0 Å². The third kappa shape index (κ3) is 2.66. The maximum absolute atomic E-state index is 5.93. The first-order chi connectivity index (χ1) is 6.10. The highest BCUT2D eigenvalue weighted by Crippen LogP contribution is 2.23. The van der Waals surface area contributed by atoms with E-state index in [1.54, 1.807) is 7.11 Å². The topological polar surface area (TPSA) is 30.5 Å². The minimum absolute atomic E-state index is 0.0732. The fourth-order valence-corrected chi connectivity index (χ4v) is 1.99. The van der Waals surface area contributed by atoms with Gasteiger partial charge in [0, 0.05) is 19.7 Å². The van der Waals surface area contributed by atoms with E-state index in [-0.39, 0.29) is 11.7 Å². The zero-order valence-corrected chi connectivity index (χ0v) is 9.09. The minimum atomic E-state index is -0.0732. The van der Waals surface area contributed by atoms with E-state index >= 15 is 0 Å². The summed E-state index contributed by atoms with van der Waals surface area (Å²) in [6.07, 6.45) is 1.30. The van der Waals surface area contributed by atoms with Crippen LogP contribution in [0.5, 0.6) is 0 Å². The Balaban J connectivity index is 2.48. The highest BCUT2D eigenvalue weighted by Gasteiger charge is 2.36. The highest BCUT2D eigenvalue weighted by molar-refractivity contribution is 4.90. The van der Waals surface area contributed by atoms with E-state index in [0.29, 0.717) is 12.6 Å². The molecule has 1 aliphatic heterocycles. The number of morpholine rings is 1. The van der Waals surface area contributed by atoms with Crippen LogP contribution in [0.3, 0.4) is 0 Å². The Bertz CT molecular complexity index is 159. The lowest BCUT2D eigenvalue weighted by Gasteiger charge is -2.43. The molecule has 0 saturated carbocycles. The van der Waals surface area contributed by atoms with Gasteiger partial charge in [0.15, 0.2) is 0 Å². The lowest BCUT2D eigenvalue weighted by atomic mass is 9.94. The van der Waals surface area contributed by atoms with Crippen LogP contribution in [0.15, 0.2) is 0 Å². The molecule has 0 radical (unpaired) electrons. The predicted molar refractivity (Wildman–Crippen MR) is 52.9 cm³/mol. The second kappa shape index (κ2) is 4.40. The molecule has 2 unspecified atom stereocenters. The summed E-state index contributed by atoms with van der Waals surface area (Å²) in [6, 6.07) is 0.459. The molecule has 0 aliphatic carbocycles. The number of nitrogens with one attached hydrogen (secondary N) is 1. The second-order valence-electron chi connectivity index (χ2n) is 4.17. The summed E-state index contributed by atoms with van der Waals surface area (Å²) < 4.78 is 11.0. The van der Waals surface area contributed by atoms with E-state index in [0.717, 1.165) is 13.0 Å². The van der Waals surface area contributed by atoms with Crippen LogP contribution in [-0.4, -0.2) is 38.0 Å². The van der Waals surface area contributed by atoms with Crippen molar-refractivity contribution in [3.05, 3.63) is 0 Å². The quantitative estimate of drug-likeness (QED) is 0.719. The molecular weight excluding hydrogens is 166 g/mol. The maximum atomic E-state index is 5.93. The van der Waals surface area contributed by atoms with E-state index in [1.807, 2.05) is 0 Å². The van der Waals surface area contributed by atoms with Crippen molar-refractivity contribution in [1.82, 2.24) is 5.32 Å². The second-order valence-corrected chi connectivity index (χ2v) is 4.17. The van der Waals surface area contributed by atoms with Gasteiger partial charge in [-0.15, -0.1) is 0 Å². The van der Waals surface area contributed by atoms with Gasteiger partial charge in [0.25, 0.3) is 0 Å². The normalized spacial score (nSPS) is 33.2. The summed E-state index contributed by atoms with van der Waals surface area (Å²) in [7, 11) is 1.71. The van der Waals surface area contributed by atoms with E-state index in [1.165, 1.54) is 0 Å². The average Bonchev–Trinajstić information content (AvgIpc) is 2.03. The van der Waals surface area contributed by atoms with E-state index < -0.39 is 0 Å². The molecule has 3 nitrogen and oxygen atoms in total. The Labute approximate surface area is 80.8 Å². The molecule has 1 rings (SSSR count). The number of hydrogen-bond donors (Lipinski definition) is 1. The highest BCUT2D eigenvalue weighted by atomic mass is 16.5. The van der Waals surface area contributed by atoms with Crippen LogP contribution in [0.2, 0.25) is 0 Å². The summed E-state index contributed by atoms with van der Waals surface area (Å²) in [6.45, 7) is 8.02. The van der Waals surface area contributed by atoms with E-state index in [9.17, 15) is 0 Å². The van der Waals surface area contributed by atoms with Crippen LogP contribution in [0.4, 0.5) is 0 Å². The number of ether oxygens (including phenoxy) is 2. The first kappa shape index (κ1) is 11.0. The summed E-state index contributed by atoms with van der Waals surface area (Å²) >= 11 is 0. The van der Waals surface area contributed by atoms with Crippen LogP contribution in [0.25, 0.3) is 0 Å². The van der Waals surface area contributed by atoms with Crippen LogP contribution < -0.4 is 5.32 Å². The van der Waals surface area contributed by atoms with Crippen LogP contribution in [0, 0.1) is 0 Å². The fourth-order valence-electron chi connectivity index (χ4n) is 1.99. The van der Waals surface area contributed by atoms with Crippen molar-refractivity contribution in [2.24, 2.45) is 0 Å². The van der Waals surface area contributed by atoms with Crippen molar-refractivity contribution in [3.8, 4) is 0 Å². The van der Waals surface area contributed by atoms with Gasteiger partial charge >= 0.3 is 0 Å². The van der Waals surface area contributed by atoms with Gasteiger partial charge in [0.05, 0.1) is 18.3 Å². The Hall–Kier alpha value is -0.120. The Kier molecular flexibility index (Phi) is 3.71. The number of rotatable bonds is 3. The standard InChI is InChI=1S/C10H21NO2/c1-5-9-10(2,3)13-8(6-11-9)7-12-4/h8-9,11H,5-7H2,1-4H3. The van der Waals surface area contributed by atoms with E-state index in [2.05, 4.69) is 26.1 Å². The molecule has 0 aromatic heterocycles. The molecule has 0 bridgehead atoms. The monoisotopic (exact) mass is 187 g/mol.